The molecule has 1 aliphatic rings. The fraction of sp³-hybridized carbons (Fsp3) is 0.455. The first-order valence-electron chi connectivity index (χ1n) is 5.61. The van der Waals surface area contributed by atoms with E-state index in [1.807, 2.05) is 0 Å². The van der Waals surface area contributed by atoms with E-state index in [1.165, 1.54) is 0 Å². The lowest BCUT2D eigenvalue weighted by molar-refractivity contribution is -0.384. The van der Waals surface area contributed by atoms with Crippen molar-refractivity contribution in [2.75, 3.05) is 11.9 Å². The Morgan fingerprint density at radius 3 is 2.83 bits per heavy atom. The zero-order chi connectivity index (χ0) is 13.3. The van der Waals surface area contributed by atoms with Crippen LogP contribution in [0.3, 0.4) is 0 Å². The van der Waals surface area contributed by atoms with Crippen molar-refractivity contribution in [2.45, 2.75) is 13.3 Å². The quantitative estimate of drug-likeness (QED) is 0.610. The van der Waals surface area contributed by atoms with Crippen molar-refractivity contribution in [1.29, 1.82) is 0 Å². The second-order valence-corrected chi connectivity index (χ2v) is 4.48. The molecule has 2 unspecified atom stereocenters. The Kier molecular flexibility index (Phi) is 3.14. The third-order valence-electron chi connectivity index (χ3n) is 3.10. The molecule has 2 rings (SSSR count). The van der Waals surface area contributed by atoms with Gasteiger partial charge in [0, 0.05) is 12.6 Å². The Morgan fingerprint density at radius 1 is 1.67 bits per heavy atom. The molecule has 96 valence electrons. The van der Waals surface area contributed by atoms with Gasteiger partial charge in [-0.1, -0.05) is 6.92 Å². The normalized spacial score (nSPS) is 21.4. The van der Waals surface area contributed by atoms with Crippen molar-refractivity contribution in [1.82, 2.24) is 4.98 Å². The number of hydrogen-bond acceptors (Lipinski definition) is 5. The van der Waals surface area contributed by atoms with Crippen LogP contribution in [0.4, 0.5) is 11.5 Å². The molecule has 2 atom stereocenters. The monoisotopic (exact) mass is 251 g/mol. The van der Waals surface area contributed by atoms with Crippen molar-refractivity contribution in [3.05, 3.63) is 27.9 Å². The maximum absolute atomic E-state index is 10.8. The molecule has 0 spiro atoms. The summed E-state index contributed by atoms with van der Waals surface area (Å²) in [6.07, 6.45) is 1.08. The third-order valence-corrected chi connectivity index (χ3v) is 3.10. The summed E-state index contributed by atoms with van der Waals surface area (Å²) in [5.74, 6) is -0.0779. The van der Waals surface area contributed by atoms with E-state index in [9.17, 15) is 14.9 Å². The molecule has 1 aromatic rings. The lowest BCUT2D eigenvalue weighted by atomic mass is 10.3. The Labute approximate surface area is 103 Å². The van der Waals surface area contributed by atoms with Crippen LogP contribution in [0.5, 0.6) is 0 Å². The maximum atomic E-state index is 10.8. The van der Waals surface area contributed by atoms with E-state index in [0.717, 1.165) is 18.6 Å². The number of nitro groups is 1. The fourth-order valence-corrected chi connectivity index (χ4v) is 1.76. The Balaban J connectivity index is 2.19. The summed E-state index contributed by atoms with van der Waals surface area (Å²) < 4.78 is 0. The zero-order valence-corrected chi connectivity index (χ0v) is 9.79. The van der Waals surface area contributed by atoms with Crippen molar-refractivity contribution in [3.8, 4) is 0 Å². The summed E-state index contributed by atoms with van der Waals surface area (Å²) in [6.45, 7) is 2.68. The number of anilines is 1. The molecule has 18 heavy (non-hydrogen) atoms. The Morgan fingerprint density at radius 2 is 2.33 bits per heavy atom. The number of pyridine rings is 1. The molecule has 1 aromatic heterocycles. The molecule has 2 N–H and O–H groups in total. The van der Waals surface area contributed by atoms with Gasteiger partial charge in [0.05, 0.1) is 4.92 Å². The van der Waals surface area contributed by atoms with Gasteiger partial charge in [0.25, 0.3) is 0 Å². The molecule has 1 heterocycles. The third kappa shape index (κ3) is 2.55. The summed E-state index contributed by atoms with van der Waals surface area (Å²) >= 11 is 0. The van der Waals surface area contributed by atoms with Crippen LogP contribution in [0.1, 0.15) is 23.8 Å². The van der Waals surface area contributed by atoms with Crippen LogP contribution in [0, 0.1) is 22.0 Å². The summed E-state index contributed by atoms with van der Waals surface area (Å²) in [7, 11) is 0. The molecule has 1 fully saturated rings. The van der Waals surface area contributed by atoms with E-state index in [-0.39, 0.29) is 17.2 Å². The van der Waals surface area contributed by atoms with Gasteiger partial charge in [-0.25, -0.2) is 9.78 Å². The van der Waals surface area contributed by atoms with Crippen molar-refractivity contribution in [3.63, 3.8) is 0 Å². The summed E-state index contributed by atoms with van der Waals surface area (Å²) in [6, 6.07) is 2.29. The molecule has 7 nitrogen and oxygen atoms in total. The number of aromatic carboxylic acids is 1. The minimum atomic E-state index is -1.20. The van der Waals surface area contributed by atoms with Crippen LogP contribution in [-0.2, 0) is 0 Å². The minimum Gasteiger partial charge on any atom is -0.477 e. The van der Waals surface area contributed by atoms with Gasteiger partial charge in [0.1, 0.15) is 0 Å². The molecule has 0 bridgehead atoms. The molecule has 0 radical (unpaired) electrons. The van der Waals surface area contributed by atoms with Crippen LogP contribution in [0.2, 0.25) is 0 Å². The van der Waals surface area contributed by atoms with E-state index in [1.54, 1.807) is 0 Å². The van der Waals surface area contributed by atoms with Gasteiger partial charge in [-0.2, -0.15) is 0 Å². The summed E-state index contributed by atoms with van der Waals surface area (Å²) in [5, 5.41) is 22.5. The maximum Gasteiger partial charge on any atom is 0.354 e. The predicted molar refractivity (Wildman–Crippen MR) is 63.6 cm³/mol. The molecular weight excluding hydrogens is 238 g/mol. The number of carboxylic acid groups (broad SMARTS) is 1. The number of nitrogens with zero attached hydrogens (tertiary/aromatic N) is 2. The number of carbonyl (C=O) groups is 1. The van der Waals surface area contributed by atoms with E-state index in [2.05, 4.69) is 17.2 Å². The lowest BCUT2D eigenvalue weighted by Gasteiger charge is -2.06. The van der Waals surface area contributed by atoms with E-state index >= 15 is 0 Å². The van der Waals surface area contributed by atoms with Gasteiger partial charge in [0.15, 0.2) is 5.69 Å². The molecule has 7 heteroatoms. The van der Waals surface area contributed by atoms with Gasteiger partial charge in [0.2, 0.25) is 5.82 Å². The minimum absolute atomic E-state index is 0.0269. The van der Waals surface area contributed by atoms with Crippen LogP contribution in [0.25, 0.3) is 0 Å². The standard InChI is InChI=1S/C11H13N3O4/c1-6-4-7(6)5-12-10-9(14(17)18)3-2-8(13-10)11(15)16/h2-3,6-7H,4-5H2,1H3,(H,12,13)(H,15,16). The van der Waals surface area contributed by atoms with Gasteiger partial charge in [-0.05, 0) is 24.3 Å². The van der Waals surface area contributed by atoms with E-state index < -0.39 is 10.9 Å². The Bertz CT molecular complexity index is 503. The molecule has 0 amide bonds. The Hall–Kier alpha value is -2.18. The first kappa shape index (κ1) is 12.3. The lowest BCUT2D eigenvalue weighted by Crippen LogP contribution is -2.11. The van der Waals surface area contributed by atoms with Gasteiger partial charge in [-0.15, -0.1) is 0 Å². The van der Waals surface area contributed by atoms with Crippen molar-refractivity contribution in [2.24, 2.45) is 11.8 Å². The number of nitrogens with one attached hydrogen (secondary N) is 1. The number of aromatic nitrogens is 1. The smallest absolute Gasteiger partial charge is 0.354 e. The van der Waals surface area contributed by atoms with Crippen molar-refractivity contribution >= 4 is 17.5 Å². The average molecular weight is 251 g/mol. The predicted octanol–water partition coefficient (Wildman–Crippen LogP) is 1.76. The summed E-state index contributed by atoms with van der Waals surface area (Å²) in [4.78, 5) is 24.8. The fourth-order valence-electron chi connectivity index (χ4n) is 1.76. The number of rotatable bonds is 5. The highest BCUT2D eigenvalue weighted by molar-refractivity contribution is 5.86. The average Bonchev–Trinajstić information content (AvgIpc) is 3.02. The first-order chi connectivity index (χ1) is 8.49. The highest BCUT2D eigenvalue weighted by atomic mass is 16.6. The van der Waals surface area contributed by atoms with Crippen LogP contribution in [0.15, 0.2) is 12.1 Å². The molecule has 1 saturated carbocycles. The van der Waals surface area contributed by atoms with Gasteiger partial charge < -0.3 is 10.4 Å². The van der Waals surface area contributed by atoms with Crippen LogP contribution >= 0.6 is 0 Å². The van der Waals surface area contributed by atoms with Crippen molar-refractivity contribution < 1.29 is 14.8 Å². The van der Waals surface area contributed by atoms with E-state index in [4.69, 9.17) is 5.11 Å². The molecule has 0 aliphatic heterocycles. The SMILES string of the molecule is CC1CC1CNc1nc(C(=O)O)ccc1[N+](=O)[O-]. The number of hydrogen-bond donors (Lipinski definition) is 2. The second-order valence-electron chi connectivity index (χ2n) is 4.48. The first-order valence-corrected chi connectivity index (χ1v) is 5.61. The van der Waals surface area contributed by atoms with E-state index in [0.29, 0.717) is 18.4 Å². The zero-order valence-electron chi connectivity index (χ0n) is 9.79. The molecular formula is C11H13N3O4. The number of carboxylic acids is 1. The van der Waals surface area contributed by atoms with Gasteiger partial charge in [-0.3, -0.25) is 10.1 Å². The topological polar surface area (TPSA) is 105 Å². The molecule has 0 saturated heterocycles. The second kappa shape index (κ2) is 4.59. The largest absolute Gasteiger partial charge is 0.477 e. The highest BCUT2D eigenvalue weighted by Crippen LogP contribution is 2.38. The molecule has 0 aromatic carbocycles. The van der Waals surface area contributed by atoms with Gasteiger partial charge >= 0.3 is 11.7 Å². The van der Waals surface area contributed by atoms with Crippen LogP contribution in [-0.4, -0.2) is 27.5 Å². The summed E-state index contributed by atoms with van der Waals surface area (Å²) in [5.41, 5.74) is -0.403. The highest BCUT2D eigenvalue weighted by Gasteiger charge is 2.32. The molecule has 1 aliphatic carbocycles. The van der Waals surface area contributed by atoms with Crippen LogP contribution < -0.4 is 5.32 Å².